The van der Waals surface area contributed by atoms with Crippen molar-refractivity contribution in [2.45, 2.75) is 12.8 Å². The molecular weight excluding hydrogens is 436 g/mol. The standard InChI is InChI=1S/C29H22N4S/c30-29-32-27(18-21-12-15-24-23-8-4-5-9-25(23)34-26(24)17-21)31-28(33-29)22-13-10-20(11-14-22)16-19-6-2-1-3-7-19/h1-15,17H,16,18H2,(H2,30,31,32,33). The van der Waals surface area contributed by atoms with Crippen LogP contribution < -0.4 is 5.73 Å². The SMILES string of the molecule is Nc1nc(Cc2ccc3c(c2)sc2ccccc23)nc(-c2ccc(Cc3ccccc3)cc2)n1. The number of rotatable bonds is 5. The summed E-state index contributed by atoms with van der Waals surface area (Å²) in [6.45, 7) is 0. The van der Waals surface area contributed by atoms with Crippen LogP contribution in [-0.4, -0.2) is 15.0 Å². The lowest BCUT2D eigenvalue weighted by Gasteiger charge is -2.07. The Balaban J connectivity index is 1.26. The van der Waals surface area contributed by atoms with Gasteiger partial charge < -0.3 is 5.73 Å². The molecule has 0 atom stereocenters. The molecule has 0 bridgehead atoms. The summed E-state index contributed by atoms with van der Waals surface area (Å²) in [5.74, 6) is 1.53. The number of benzene rings is 4. The van der Waals surface area contributed by atoms with E-state index in [-0.39, 0.29) is 5.95 Å². The number of nitrogen functional groups attached to an aromatic ring is 1. The van der Waals surface area contributed by atoms with Crippen molar-refractivity contribution >= 4 is 37.5 Å². The second kappa shape index (κ2) is 8.69. The Morgan fingerprint density at radius 2 is 1.29 bits per heavy atom. The van der Waals surface area contributed by atoms with Gasteiger partial charge in [-0.15, -0.1) is 11.3 Å². The molecule has 0 aliphatic carbocycles. The molecular formula is C29H22N4S. The smallest absolute Gasteiger partial charge is 0.223 e. The molecule has 164 valence electrons. The van der Waals surface area contributed by atoms with Crippen LogP contribution in [0.1, 0.15) is 22.5 Å². The summed E-state index contributed by atoms with van der Waals surface area (Å²) in [5, 5.41) is 2.59. The molecule has 0 saturated heterocycles. The molecule has 6 rings (SSSR count). The third-order valence-corrected chi connectivity index (χ3v) is 7.10. The van der Waals surface area contributed by atoms with Gasteiger partial charge in [0.2, 0.25) is 5.95 Å². The zero-order chi connectivity index (χ0) is 22.9. The lowest BCUT2D eigenvalue weighted by Crippen LogP contribution is -2.05. The van der Waals surface area contributed by atoms with E-state index in [0.717, 1.165) is 17.5 Å². The molecule has 34 heavy (non-hydrogen) atoms. The molecule has 0 unspecified atom stereocenters. The van der Waals surface area contributed by atoms with Gasteiger partial charge in [-0.3, -0.25) is 0 Å². The van der Waals surface area contributed by atoms with Gasteiger partial charge in [0.1, 0.15) is 5.82 Å². The van der Waals surface area contributed by atoms with E-state index in [1.165, 1.54) is 31.3 Å². The number of nitrogens with two attached hydrogens (primary N) is 1. The molecule has 6 aromatic rings. The summed E-state index contributed by atoms with van der Waals surface area (Å²) in [5.41, 5.74) is 10.7. The van der Waals surface area contributed by atoms with Gasteiger partial charge in [0, 0.05) is 32.2 Å². The van der Waals surface area contributed by atoms with Crippen molar-refractivity contribution in [1.29, 1.82) is 0 Å². The molecule has 0 aliphatic heterocycles. The van der Waals surface area contributed by atoms with Crippen LogP contribution in [0.4, 0.5) is 5.95 Å². The Labute approximate surface area is 201 Å². The van der Waals surface area contributed by atoms with Gasteiger partial charge in [0.05, 0.1) is 0 Å². The van der Waals surface area contributed by atoms with Crippen LogP contribution in [0.5, 0.6) is 0 Å². The van der Waals surface area contributed by atoms with Crippen LogP contribution in [0.3, 0.4) is 0 Å². The summed E-state index contributed by atoms with van der Waals surface area (Å²) >= 11 is 1.81. The maximum absolute atomic E-state index is 6.06. The predicted octanol–water partition coefficient (Wildman–Crippen LogP) is 6.67. The Hall–Kier alpha value is -4.09. The Morgan fingerprint density at radius 3 is 2.15 bits per heavy atom. The fraction of sp³-hybridized carbons (Fsp3) is 0.0690. The lowest BCUT2D eigenvalue weighted by molar-refractivity contribution is 0.937. The van der Waals surface area contributed by atoms with Crippen LogP contribution in [0.2, 0.25) is 0 Å². The number of anilines is 1. The minimum absolute atomic E-state index is 0.247. The predicted molar refractivity (Wildman–Crippen MR) is 141 cm³/mol. The molecule has 0 fully saturated rings. The number of nitrogens with zero attached hydrogens (tertiary/aromatic N) is 3. The molecule has 4 nitrogen and oxygen atoms in total. The first-order valence-electron chi connectivity index (χ1n) is 11.3. The van der Waals surface area contributed by atoms with Crippen molar-refractivity contribution in [1.82, 2.24) is 15.0 Å². The fourth-order valence-corrected chi connectivity index (χ4v) is 5.48. The van der Waals surface area contributed by atoms with Crippen molar-refractivity contribution in [3.8, 4) is 11.4 Å². The molecule has 2 aromatic heterocycles. The van der Waals surface area contributed by atoms with Gasteiger partial charge in [0.25, 0.3) is 0 Å². The number of fused-ring (bicyclic) bond motifs is 3. The van der Waals surface area contributed by atoms with E-state index in [4.69, 9.17) is 10.7 Å². The monoisotopic (exact) mass is 458 g/mol. The number of hydrogen-bond acceptors (Lipinski definition) is 5. The second-order valence-corrected chi connectivity index (χ2v) is 9.48. The molecule has 0 radical (unpaired) electrons. The average Bonchev–Trinajstić information content (AvgIpc) is 3.22. The Bertz CT molecular complexity index is 1610. The van der Waals surface area contributed by atoms with E-state index < -0.39 is 0 Å². The Kier molecular flexibility index (Phi) is 5.24. The van der Waals surface area contributed by atoms with Crippen molar-refractivity contribution in [3.05, 3.63) is 120 Å². The molecule has 2 N–H and O–H groups in total. The first kappa shape index (κ1) is 20.5. The lowest BCUT2D eigenvalue weighted by atomic mass is 10.0. The highest BCUT2D eigenvalue weighted by atomic mass is 32.1. The highest BCUT2D eigenvalue weighted by molar-refractivity contribution is 7.25. The van der Waals surface area contributed by atoms with Gasteiger partial charge in [-0.05, 0) is 35.2 Å². The maximum Gasteiger partial charge on any atom is 0.223 e. The fourth-order valence-electron chi connectivity index (χ4n) is 4.31. The topological polar surface area (TPSA) is 64.7 Å². The summed E-state index contributed by atoms with van der Waals surface area (Å²) in [6, 6.07) is 33.9. The largest absolute Gasteiger partial charge is 0.368 e. The average molecular weight is 459 g/mol. The van der Waals surface area contributed by atoms with E-state index in [1.807, 2.05) is 17.4 Å². The van der Waals surface area contributed by atoms with Crippen LogP contribution in [-0.2, 0) is 12.8 Å². The highest BCUT2D eigenvalue weighted by Crippen LogP contribution is 2.34. The van der Waals surface area contributed by atoms with Crippen molar-refractivity contribution in [2.75, 3.05) is 5.73 Å². The third kappa shape index (κ3) is 4.14. The van der Waals surface area contributed by atoms with Gasteiger partial charge in [0.15, 0.2) is 5.82 Å². The van der Waals surface area contributed by atoms with Crippen LogP contribution >= 0.6 is 11.3 Å². The highest BCUT2D eigenvalue weighted by Gasteiger charge is 2.10. The first-order chi connectivity index (χ1) is 16.7. The van der Waals surface area contributed by atoms with E-state index in [9.17, 15) is 0 Å². The molecule has 4 aromatic carbocycles. The molecule has 0 saturated carbocycles. The zero-order valence-corrected chi connectivity index (χ0v) is 19.3. The molecule has 0 aliphatic rings. The minimum Gasteiger partial charge on any atom is -0.368 e. The van der Waals surface area contributed by atoms with Crippen molar-refractivity contribution in [3.63, 3.8) is 0 Å². The van der Waals surface area contributed by atoms with E-state index >= 15 is 0 Å². The zero-order valence-electron chi connectivity index (χ0n) is 18.5. The van der Waals surface area contributed by atoms with Crippen LogP contribution in [0, 0.1) is 0 Å². The van der Waals surface area contributed by atoms with Crippen LogP contribution in [0.15, 0.2) is 97.1 Å². The molecule has 5 heteroatoms. The van der Waals surface area contributed by atoms with Gasteiger partial charge >= 0.3 is 0 Å². The summed E-state index contributed by atoms with van der Waals surface area (Å²) in [7, 11) is 0. The molecule has 2 heterocycles. The summed E-state index contributed by atoms with van der Waals surface area (Å²) in [4.78, 5) is 13.5. The van der Waals surface area contributed by atoms with E-state index in [2.05, 4.69) is 101 Å². The summed E-state index contributed by atoms with van der Waals surface area (Å²) < 4.78 is 2.58. The third-order valence-electron chi connectivity index (χ3n) is 5.97. The van der Waals surface area contributed by atoms with E-state index in [1.54, 1.807) is 0 Å². The number of thiophene rings is 1. The van der Waals surface area contributed by atoms with Crippen molar-refractivity contribution < 1.29 is 0 Å². The minimum atomic E-state index is 0.247. The molecule has 0 amide bonds. The number of aromatic nitrogens is 3. The van der Waals surface area contributed by atoms with Crippen LogP contribution in [0.25, 0.3) is 31.6 Å². The maximum atomic E-state index is 6.06. The van der Waals surface area contributed by atoms with Gasteiger partial charge in [-0.25, -0.2) is 4.98 Å². The Morgan fingerprint density at radius 1 is 0.588 bits per heavy atom. The number of hydrogen-bond donors (Lipinski definition) is 1. The van der Waals surface area contributed by atoms with Gasteiger partial charge in [-0.2, -0.15) is 9.97 Å². The normalized spacial score (nSPS) is 11.3. The van der Waals surface area contributed by atoms with Gasteiger partial charge in [-0.1, -0.05) is 84.9 Å². The van der Waals surface area contributed by atoms with Crippen molar-refractivity contribution in [2.24, 2.45) is 0 Å². The summed E-state index contributed by atoms with van der Waals surface area (Å²) in [6.07, 6.45) is 1.50. The second-order valence-electron chi connectivity index (χ2n) is 8.40. The van der Waals surface area contributed by atoms with E-state index in [0.29, 0.717) is 18.1 Å². The first-order valence-corrected chi connectivity index (χ1v) is 12.1. The molecule has 0 spiro atoms. The quantitative estimate of drug-likeness (QED) is 0.313.